The van der Waals surface area contributed by atoms with Gasteiger partial charge in [0.1, 0.15) is 0 Å². The monoisotopic (exact) mass is 426 g/mol. The Bertz CT molecular complexity index is 1160. The van der Waals surface area contributed by atoms with Crippen LogP contribution in [0.25, 0.3) is 0 Å². The van der Waals surface area contributed by atoms with E-state index in [-0.39, 0.29) is 10.8 Å². The van der Waals surface area contributed by atoms with Crippen LogP contribution in [0.1, 0.15) is 21.5 Å². The summed E-state index contributed by atoms with van der Waals surface area (Å²) in [5.41, 5.74) is 2.78. The Hall–Kier alpha value is -2.83. The second-order valence-corrected chi connectivity index (χ2v) is 9.10. The first-order valence-corrected chi connectivity index (χ1v) is 11.0. The summed E-state index contributed by atoms with van der Waals surface area (Å²) >= 11 is 5.98. The number of carbonyl (C=O) groups is 1. The number of sulfonamides is 1. The third-order valence-corrected chi connectivity index (χ3v) is 6.94. The van der Waals surface area contributed by atoms with Crippen molar-refractivity contribution in [2.75, 3.05) is 10.8 Å². The van der Waals surface area contributed by atoms with Gasteiger partial charge in [0.05, 0.1) is 10.6 Å². The average Bonchev–Trinajstić information content (AvgIpc) is 3.17. The van der Waals surface area contributed by atoms with Crippen LogP contribution in [-0.4, -0.2) is 20.9 Å². The van der Waals surface area contributed by atoms with E-state index in [9.17, 15) is 13.2 Å². The molecular weight excluding hydrogens is 408 g/mol. The Balaban J connectivity index is 1.56. The van der Waals surface area contributed by atoms with E-state index < -0.39 is 10.0 Å². The quantitative estimate of drug-likeness (QED) is 0.670. The summed E-state index contributed by atoms with van der Waals surface area (Å²) in [4.78, 5) is 12.9. The van der Waals surface area contributed by atoms with Crippen LogP contribution in [0.2, 0.25) is 5.02 Å². The van der Waals surface area contributed by atoms with Crippen LogP contribution < -0.4 is 9.62 Å². The molecule has 0 radical (unpaired) electrons. The van der Waals surface area contributed by atoms with E-state index in [0.29, 0.717) is 35.8 Å². The third kappa shape index (κ3) is 3.99. The zero-order valence-corrected chi connectivity index (χ0v) is 17.1. The number of hydrogen-bond acceptors (Lipinski definition) is 3. The van der Waals surface area contributed by atoms with Crippen LogP contribution in [0.15, 0.2) is 77.7 Å². The van der Waals surface area contributed by atoms with Crippen molar-refractivity contribution >= 4 is 33.2 Å². The maximum atomic E-state index is 13.0. The molecule has 0 fully saturated rings. The van der Waals surface area contributed by atoms with Crippen molar-refractivity contribution in [1.29, 1.82) is 0 Å². The average molecular weight is 427 g/mol. The van der Waals surface area contributed by atoms with Gasteiger partial charge in [-0.1, -0.05) is 48.0 Å². The Morgan fingerprint density at radius 3 is 2.55 bits per heavy atom. The fourth-order valence-electron chi connectivity index (χ4n) is 3.39. The second kappa shape index (κ2) is 7.89. The fourth-order valence-corrected chi connectivity index (χ4v) is 5.12. The molecule has 5 nitrogen and oxygen atoms in total. The van der Waals surface area contributed by atoms with Crippen molar-refractivity contribution in [2.45, 2.75) is 17.9 Å². The van der Waals surface area contributed by atoms with E-state index in [1.165, 1.54) is 4.31 Å². The maximum absolute atomic E-state index is 13.0. The summed E-state index contributed by atoms with van der Waals surface area (Å²) in [7, 11) is -3.67. The Morgan fingerprint density at radius 1 is 1.00 bits per heavy atom. The lowest BCUT2D eigenvalue weighted by Crippen LogP contribution is -2.29. The number of hydrogen-bond donors (Lipinski definition) is 1. The molecule has 0 bridgehead atoms. The smallest absolute Gasteiger partial charge is 0.264 e. The molecule has 0 atom stereocenters. The Morgan fingerprint density at radius 2 is 1.79 bits per heavy atom. The van der Waals surface area contributed by atoms with E-state index in [1.807, 2.05) is 18.2 Å². The number of carbonyl (C=O) groups excluding carboxylic acids is 1. The molecule has 4 rings (SSSR count). The highest BCUT2D eigenvalue weighted by molar-refractivity contribution is 7.92. The van der Waals surface area contributed by atoms with Gasteiger partial charge in [-0.15, -0.1) is 0 Å². The predicted molar refractivity (Wildman–Crippen MR) is 114 cm³/mol. The Labute approximate surface area is 175 Å². The van der Waals surface area contributed by atoms with Gasteiger partial charge in [-0.05, 0) is 53.9 Å². The lowest BCUT2D eigenvalue weighted by molar-refractivity contribution is 0.0951. The molecule has 1 aliphatic rings. The summed E-state index contributed by atoms with van der Waals surface area (Å²) in [5, 5.41) is 3.46. The molecule has 3 aromatic carbocycles. The molecule has 1 aliphatic heterocycles. The van der Waals surface area contributed by atoms with E-state index >= 15 is 0 Å². The number of amides is 1. The van der Waals surface area contributed by atoms with E-state index in [2.05, 4.69) is 5.32 Å². The van der Waals surface area contributed by atoms with E-state index in [0.717, 1.165) is 11.1 Å². The molecular formula is C22H19ClN2O3S. The van der Waals surface area contributed by atoms with Gasteiger partial charge in [-0.25, -0.2) is 8.42 Å². The van der Waals surface area contributed by atoms with Crippen molar-refractivity contribution < 1.29 is 13.2 Å². The van der Waals surface area contributed by atoms with Gasteiger partial charge in [0.2, 0.25) is 0 Å². The third-order valence-electron chi connectivity index (χ3n) is 4.87. The molecule has 0 saturated heterocycles. The van der Waals surface area contributed by atoms with Crippen molar-refractivity contribution in [3.8, 4) is 0 Å². The van der Waals surface area contributed by atoms with Crippen LogP contribution in [0.5, 0.6) is 0 Å². The predicted octanol–water partition coefficient (Wildman–Crippen LogP) is 4.02. The van der Waals surface area contributed by atoms with Crippen molar-refractivity contribution in [1.82, 2.24) is 5.32 Å². The SMILES string of the molecule is O=C(NCc1cccc(Cl)c1)c1ccc2c(c1)N(S(=O)(=O)c1ccccc1)CC2. The van der Waals surface area contributed by atoms with Crippen molar-refractivity contribution in [2.24, 2.45) is 0 Å². The zero-order chi connectivity index (χ0) is 20.4. The number of nitrogens with zero attached hydrogens (tertiary/aromatic N) is 1. The zero-order valence-electron chi connectivity index (χ0n) is 15.5. The van der Waals surface area contributed by atoms with Gasteiger partial charge in [-0.3, -0.25) is 9.10 Å². The maximum Gasteiger partial charge on any atom is 0.264 e. The fraction of sp³-hybridized carbons (Fsp3) is 0.136. The highest BCUT2D eigenvalue weighted by Crippen LogP contribution is 2.33. The van der Waals surface area contributed by atoms with Crippen molar-refractivity contribution in [3.63, 3.8) is 0 Å². The minimum absolute atomic E-state index is 0.240. The number of nitrogens with one attached hydrogen (secondary N) is 1. The van der Waals surface area contributed by atoms with Gasteiger partial charge in [0.25, 0.3) is 15.9 Å². The summed E-state index contributed by atoms with van der Waals surface area (Å²) in [6.45, 7) is 0.697. The standard InChI is InChI=1S/C22H19ClN2O3S/c23-19-6-4-5-16(13-19)15-24-22(26)18-10-9-17-11-12-25(21(17)14-18)29(27,28)20-7-2-1-3-8-20/h1-10,13-14H,11-12,15H2,(H,24,26). The lowest BCUT2D eigenvalue weighted by atomic mass is 10.1. The highest BCUT2D eigenvalue weighted by atomic mass is 35.5. The van der Waals surface area contributed by atoms with Crippen LogP contribution in [0, 0.1) is 0 Å². The molecule has 1 amide bonds. The van der Waals surface area contributed by atoms with Gasteiger partial charge in [0.15, 0.2) is 0 Å². The first-order valence-electron chi connectivity index (χ1n) is 9.18. The summed E-state index contributed by atoms with van der Waals surface area (Å²) in [6.07, 6.45) is 0.617. The molecule has 0 aromatic heterocycles. The highest BCUT2D eigenvalue weighted by Gasteiger charge is 2.31. The van der Waals surface area contributed by atoms with Gasteiger partial charge in [0, 0.05) is 23.7 Å². The first kappa shape index (κ1) is 19.5. The van der Waals surface area contributed by atoms with Gasteiger partial charge >= 0.3 is 0 Å². The lowest BCUT2D eigenvalue weighted by Gasteiger charge is -2.20. The molecule has 3 aromatic rings. The Kier molecular flexibility index (Phi) is 5.30. The number of fused-ring (bicyclic) bond motifs is 1. The second-order valence-electron chi connectivity index (χ2n) is 6.80. The van der Waals surface area contributed by atoms with Gasteiger partial charge in [-0.2, -0.15) is 0 Å². The molecule has 1 N–H and O–H groups in total. The van der Waals surface area contributed by atoms with Crippen molar-refractivity contribution in [3.05, 3.63) is 94.5 Å². The van der Waals surface area contributed by atoms with Gasteiger partial charge < -0.3 is 5.32 Å². The normalized spacial score (nSPS) is 13.2. The molecule has 0 aliphatic carbocycles. The molecule has 7 heteroatoms. The number of rotatable bonds is 5. The van der Waals surface area contributed by atoms with Crippen LogP contribution in [0.3, 0.4) is 0 Å². The molecule has 148 valence electrons. The minimum Gasteiger partial charge on any atom is -0.348 e. The largest absolute Gasteiger partial charge is 0.348 e. The first-order chi connectivity index (χ1) is 13.9. The van der Waals surface area contributed by atoms with Crippen LogP contribution in [0.4, 0.5) is 5.69 Å². The molecule has 1 heterocycles. The molecule has 0 spiro atoms. The summed E-state index contributed by atoms with van der Waals surface area (Å²) in [5.74, 6) is -0.267. The minimum atomic E-state index is -3.67. The number of benzene rings is 3. The van der Waals surface area contributed by atoms with E-state index in [1.54, 1.807) is 54.6 Å². The van der Waals surface area contributed by atoms with Crippen LogP contribution in [-0.2, 0) is 23.0 Å². The summed E-state index contributed by atoms with van der Waals surface area (Å²) in [6, 6.07) is 20.8. The molecule has 0 unspecified atom stereocenters. The molecule has 29 heavy (non-hydrogen) atoms. The molecule has 0 saturated carbocycles. The number of halogens is 1. The van der Waals surface area contributed by atoms with Crippen LogP contribution >= 0.6 is 11.6 Å². The van der Waals surface area contributed by atoms with E-state index in [4.69, 9.17) is 11.6 Å². The number of anilines is 1. The topological polar surface area (TPSA) is 66.5 Å². The summed E-state index contributed by atoms with van der Waals surface area (Å²) < 4.78 is 27.4.